The van der Waals surface area contributed by atoms with Crippen LogP contribution >= 0.6 is 0 Å². The van der Waals surface area contributed by atoms with Crippen LogP contribution in [0.3, 0.4) is 0 Å². The first-order valence-electron chi connectivity index (χ1n) is 3.35. The highest BCUT2D eigenvalue weighted by atomic mass is 15.2. The van der Waals surface area contributed by atoms with Gasteiger partial charge >= 0.3 is 0 Å². The van der Waals surface area contributed by atoms with E-state index in [1.165, 1.54) is 19.4 Å². The van der Waals surface area contributed by atoms with Crippen LogP contribution in [0.25, 0.3) is 0 Å². The summed E-state index contributed by atoms with van der Waals surface area (Å²) in [7, 11) is 4.45. The maximum Gasteiger partial charge on any atom is 0.102 e. The molecule has 1 saturated heterocycles. The smallest absolute Gasteiger partial charge is 0.102 e. The summed E-state index contributed by atoms with van der Waals surface area (Å²) in [5.74, 6) is 0. The van der Waals surface area contributed by atoms with Crippen LogP contribution in [0.15, 0.2) is 0 Å². The molecule has 0 N–H and O–H groups in total. The molecule has 1 heterocycles. The Morgan fingerprint density at radius 3 is 2.25 bits per heavy atom. The van der Waals surface area contributed by atoms with Crippen molar-refractivity contribution in [3.05, 3.63) is 0 Å². The molecule has 0 aromatic carbocycles. The van der Waals surface area contributed by atoms with Gasteiger partial charge in [-0.1, -0.05) is 13.2 Å². The topological polar surface area (TPSA) is 3.24 Å². The fourth-order valence-electron chi connectivity index (χ4n) is 1.48. The minimum atomic E-state index is 0.661. The standard InChI is InChI=1S/C6H14BN/c1-6(3-7)4-8(2)5-6/h3-5,7H2,1-2H3. The minimum Gasteiger partial charge on any atom is -0.305 e. The van der Waals surface area contributed by atoms with Gasteiger partial charge in [0, 0.05) is 13.1 Å². The highest BCUT2D eigenvalue weighted by molar-refractivity contribution is 6.09. The molecule has 0 bridgehead atoms. The number of nitrogens with zero attached hydrogens (tertiary/aromatic N) is 1. The lowest BCUT2D eigenvalue weighted by Gasteiger charge is -2.46. The van der Waals surface area contributed by atoms with Crippen molar-refractivity contribution in [2.75, 3.05) is 20.1 Å². The second kappa shape index (κ2) is 1.76. The van der Waals surface area contributed by atoms with Crippen molar-refractivity contribution in [1.29, 1.82) is 0 Å². The zero-order valence-electron chi connectivity index (χ0n) is 6.07. The quantitative estimate of drug-likeness (QED) is 0.430. The lowest BCUT2D eigenvalue weighted by atomic mass is 9.72. The van der Waals surface area contributed by atoms with Crippen LogP contribution in [-0.2, 0) is 0 Å². The fraction of sp³-hybridized carbons (Fsp3) is 1.00. The van der Waals surface area contributed by atoms with Gasteiger partial charge in [-0.05, 0) is 12.5 Å². The molecule has 0 amide bonds. The van der Waals surface area contributed by atoms with Crippen LogP contribution in [0.5, 0.6) is 0 Å². The van der Waals surface area contributed by atoms with Gasteiger partial charge in [-0.25, -0.2) is 0 Å². The van der Waals surface area contributed by atoms with Gasteiger partial charge in [0.15, 0.2) is 0 Å². The van der Waals surface area contributed by atoms with Crippen LogP contribution in [0.1, 0.15) is 6.92 Å². The molecular weight excluding hydrogens is 96.9 g/mol. The van der Waals surface area contributed by atoms with Gasteiger partial charge in [0.05, 0.1) is 0 Å². The number of hydrogen-bond acceptors (Lipinski definition) is 1. The summed E-state index contributed by atoms with van der Waals surface area (Å²) in [6.45, 7) is 4.94. The predicted molar refractivity (Wildman–Crippen MR) is 39.0 cm³/mol. The molecule has 46 valence electrons. The predicted octanol–water partition coefficient (Wildman–Crippen LogP) is -0.0105. The van der Waals surface area contributed by atoms with E-state index >= 15 is 0 Å². The zero-order valence-corrected chi connectivity index (χ0v) is 6.07. The average Bonchev–Trinajstić information content (AvgIpc) is 1.63. The third-order valence-electron chi connectivity index (χ3n) is 2.16. The Morgan fingerprint density at radius 2 is 2.12 bits per heavy atom. The summed E-state index contributed by atoms with van der Waals surface area (Å²) >= 11 is 0. The molecule has 1 aliphatic heterocycles. The lowest BCUT2D eigenvalue weighted by molar-refractivity contribution is 0.0576. The molecule has 0 radical (unpaired) electrons. The lowest BCUT2D eigenvalue weighted by Crippen LogP contribution is -2.51. The van der Waals surface area contributed by atoms with Crippen molar-refractivity contribution in [3.63, 3.8) is 0 Å². The highest BCUT2D eigenvalue weighted by Crippen LogP contribution is 2.30. The summed E-state index contributed by atoms with van der Waals surface area (Å²) in [5, 5.41) is 0. The maximum absolute atomic E-state index is 2.36. The Balaban J connectivity index is 2.30. The van der Waals surface area contributed by atoms with E-state index < -0.39 is 0 Å². The van der Waals surface area contributed by atoms with E-state index in [1.807, 2.05) is 0 Å². The largest absolute Gasteiger partial charge is 0.305 e. The van der Waals surface area contributed by atoms with Crippen LogP contribution in [0, 0.1) is 5.41 Å². The Kier molecular flexibility index (Phi) is 1.36. The second-order valence-corrected chi connectivity index (χ2v) is 3.34. The first kappa shape index (κ1) is 6.15. The Morgan fingerprint density at radius 1 is 1.62 bits per heavy atom. The summed E-state index contributed by atoms with van der Waals surface area (Å²) in [6, 6.07) is 0. The molecule has 2 heteroatoms. The monoisotopic (exact) mass is 111 g/mol. The number of likely N-dealkylation sites (tertiary alicyclic amines) is 1. The minimum absolute atomic E-state index is 0.661. The molecule has 1 rings (SSSR count). The van der Waals surface area contributed by atoms with E-state index in [-0.39, 0.29) is 0 Å². The Bertz CT molecular complexity index is 86.5. The molecular formula is C6H14BN. The van der Waals surface area contributed by atoms with Crippen LogP contribution in [-0.4, -0.2) is 32.9 Å². The van der Waals surface area contributed by atoms with Crippen molar-refractivity contribution < 1.29 is 0 Å². The SMILES string of the molecule is BCC1(C)CN(C)C1. The van der Waals surface area contributed by atoms with Crippen molar-refractivity contribution in [2.24, 2.45) is 5.41 Å². The molecule has 0 unspecified atom stereocenters. The molecule has 0 atom stereocenters. The summed E-state index contributed by atoms with van der Waals surface area (Å²) in [5.41, 5.74) is 0.661. The molecule has 0 aromatic heterocycles. The first-order chi connectivity index (χ1) is 3.66. The number of hydrogen-bond donors (Lipinski definition) is 0. The second-order valence-electron chi connectivity index (χ2n) is 3.34. The van der Waals surface area contributed by atoms with Crippen molar-refractivity contribution in [2.45, 2.75) is 13.2 Å². The van der Waals surface area contributed by atoms with Gasteiger partial charge in [0.2, 0.25) is 0 Å². The zero-order chi connectivity index (χ0) is 6.20. The van der Waals surface area contributed by atoms with E-state index in [1.54, 1.807) is 0 Å². The molecule has 0 aromatic rings. The molecule has 0 spiro atoms. The van der Waals surface area contributed by atoms with E-state index in [4.69, 9.17) is 0 Å². The van der Waals surface area contributed by atoms with Crippen LogP contribution in [0.4, 0.5) is 0 Å². The molecule has 1 fully saturated rings. The summed E-state index contributed by atoms with van der Waals surface area (Å²) < 4.78 is 0. The Labute approximate surface area is 52.5 Å². The van der Waals surface area contributed by atoms with Gasteiger partial charge in [-0.3, -0.25) is 0 Å². The van der Waals surface area contributed by atoms with E-state index in [9.17, 15) is 0 Å². The molecule has 1 nitrogen and oxygen atoms in total. The molecule has 8 heavy (non-hydrogen) atoms. The third kappa shape index (κ3) is 0.897. The molecule has 0 saturated carbocycles. The van der Waals surface area contributed by atoms with Gasteiger partial charge in [0.1, 0.15) is 7.85 Å². The van der Waals surface area contributed by atoms with E-state index in [0.29, 0.717) is 5.41 Å². The molecule has 0 aliphatic carbocycles. The van der Waals surface area contributed by atoms with Crippen molar-refractivity contribution >= 4 is 7.85 Å². The van der Waals surface area contributed by atoms with E-state index in [2.05, 4.69) is 26.7 Å². The van der Waals surface area contributed by atoms with E-state index in [0.717, 1.165) is 0 Å². The maximum atomic E-state index is 2.36. The van der Waals surface area contributed by atoms with Gasteiger partial charge in [-0.2, -0.15) is 0 Å². The number of rotatable bonds is 1. The normalized spacial score (nSPS) is 27.2. The summed E-state index contributed by atoms with van der Waals surface area (Å²) in [4.78, 5) is 2.36. The van der Waals surface area contributed by atoms with Crippen LogP contribution in [0.2, 0.25) is 6.32 Å². The van der Waals surface area contributed by atoms with Crippen LogP contribution < -0.4 is 0 Å². The van der Waals surface area contributed by atoms with Gasteiger partial charge < -0.3 is 4.90 Å². The Hall–Kier alpha value is 0.0249. The van der Waals surface area contributed by atoms with Gasteiger partial charge in [0.25, 0.3) is 0 Å². The van der Waals surface area contributed by atoms with Crippen molar-refractivity contribution in [3.8, 4) is 0 Å². The fourth-order valence-corrected chi connectivity index (χ4v) is 1.48. The third-order valence-corrected chi connectivity index (χ3v) is 2.16. The average molecular weight is 111 g/mol. The van der Waals surface area contributed by atoms with Gasteiger partial charge in [-0.15, -0.1) is 0 Å². The first-order valence-corrected chi connectivity index (χ1v) is 3.35. The highest BCUT2D eigenvalue weighted by Gasteiger charge is 2.33. The van der Waals surface area contributed by atoms with Crippen molar-refractivity contribution in [1.82, 2.24) is 4.90 Å². The molecule has 1 aliphatic rings. The summed E-state index contributed by atoms with van der Waals surface area (Å²) in [6.07, 6.45) is 1.33.